The van der Waals surface area contributed by atoms with Crippen molar-refractivity contribution in [2.75, 3.05) is 0 Å². The fraction of sp³-hybridized carbons (Fsp3) is 0.200. The molecule has 0 bridgehead atoms. The van der Waals surface area contributed by atoms with Crippen LogP contribution >= 0.6 is 23.2 Å². The molecule has 1 atom stereocenters. The zero-order valence-corrected chi connectivity index (χ0v) is 10.8. The van der Waals surface area contributed by atoms with E-state index in [4.69, 9.17) is 23.2 Å². The summed E-state index contributed by atoms with van der Waals surface area (Å²) < 4.78 is 0. The Morgan fingerprint density at radius 1 is 1.39 bits per heavy atom. The minimum atomic E-state index is -0.399. The van der Waals surface area contributed by atoms with Crippen LogP contribution in [0, 0.1) is 0 Å². The van der Waals surface area contributed by atoms with Crippen LogP contribution in [0.15, 0.2) is 18.2 Å². The molecule has 8 heteroatoms. The summed E-state index contributed by atoms with van der Waals surface area (Å²) in [6.45, 7) is 1.73. The van der Waals surface area contributed by atoms with Crippen LogP contribution in [0.25, 0.3) is 0 Å². The number of carbonyl (C=O) groups is 1. The predicted molar refractivity (Wildman–Crippen MR) is 66.5 cm³/mol. The highest BCUT2D eigenvalue weighted by Crippen LogP contribution is 2.24. The topological polar surface area (TPSA) is 83.6 Å². The van der Waals surface area contributed by atoms with Crippen molar-refractivity contribution >= 4 is 29.1 Å². The summed E-state index contributed by atoms with van der Waals surface area (Å²) in [5.74, 6) is -0.00516. The molecule has 0 fully saturated rings. The third-order valence-electron chi connectivity index (χ3n) is 2.29. The quantitative estimate of drug-likeness (QED) is 0.903. The number of nitrogens with zero attached hydrogens (tertiary/aromatic N) is 3. The Bertz CT molecular complexity index is 537. The molecular formula is C10H9Cl2N5O. The summed E-state index contributed by atoms with van der Waals surface area (Å²) in [4.78, 5) is 12.0. The fourth-order valence-corrected chi connectivity index (χ4v) is 1.97. The molecule has 0 spiro atoms. The average molecular weight is 286 g/mol. The highest BCUT2D eigenvalue weighted by atomic mass is 35.5. The number of aromatic nitrogens is 4. The van der Waals surface area contributed by atoms with Gasteiger partial charge in [0, 0.05) is 0 Å². The number of H-pyrrole nitrogens is 1. The smallest absolute Gasteiger partial charge is 0.254 e. The minimum Gasteiger partial charge on any atom is -0.342 e. The van der Waals surface area contributed by atoms with Gasteiger partial charge in [-0.05, 0) is 19.1 Å². The van der Waals surface area contributed by atoms with Crippen molar-refractivity contribution in [1.29, 1.82) is 0 Å². The standard InChI is InChI=1S/C10H9Cl2N5O/c1-5(9-14-16-17-15-9)13-10(18)8-6(11)3-2-4-7(8)12/h2-5H,1H3,(H,13,18)(H,14,15,16,17). The van der Waals surface area contributed by atoms with Crippen molar-refractivity contribution in [1.82, 2.24) is 25.9 Å². The van der Waals surface area contributed by atoms with Gasteiger partial charge in [0.25, 0.3) is 5.91 Å². The molecule has 0 aliphatic carbocycles. The number of carbonyl (C=O) groups excluding carboxylic acids is 1. The van der Waals surface area contributed by atoms with Crippen LogP contribution in [0.1, 0.15) is 29.1 Å². The predicted octanol–water partition coefficient (Wildman–Crippen LogP) is 2.00. The zero-order chi connectivity index (χ0) is 13.1. The Kier molecular flexibility index (Phi) is 3.78. The number of hydrogen-bond donors (Lipinski definition) is 2. The Morgan fingerprint density at radius 3 is 2.61 bits per heavy atom. The second-order valence-corrected chi connectivity index (χ2v) is 4.38. The van der Waals surface area contributed by atoms with Crippen LogP contribution in [-0.4, -0.2) is 26.5 Å². The second kappa shape index (κ2) is 5.32. The van der Waals surface area contributed by atoms with Gasteiger partial charge in [-0.2, -0.15) is 5.21 Å². The summed E-state index contributed by atoms with van der Waals surface area (Å²) in [7, 11) is 0. The van der Waals surface area contributed by atoms with E-state index in [1.807, 2.05) is 0 Å². The third-order valence-corrected chi connectivity index (χ3v) is 2.92. The summed E-state index contributed by atoms with van der Waals surface area (Å²) in [6.07, 6.45) is 0. The molecule has 6 nitrogen and oxygen atoms in total. The van der Waals surface area contributed by atoms with E-state index in [0.29, 0.717) is 15.9 Å². The van der Waals surface area contributed by atoms with Crippen molar-refractivity contribution < 1.29 is 4.79 Å². The van der Waals surface area contributed by atoms with Gasteiger partial charge in [-0.1, -0.05) is 34.5 Å². The minimum absolute atomic E-state index is 0.233. The van der Waals surface area contributed by atoms with Gasteiger partial charge in [0.2, 0.25) is 0 Å². The first kappa shape index (κ1) is 12.8. The number of benzene rings is 1. The molecular weight excluding hydrogens is 277 g/mol. The lowest BCUT2D eigenvalue weighted by molar-refractivity contribution is 0.0938. The largest absolute Gasteiger partial charge is 0.342 e. The monoisotopic (exact) mass is 285 g/mol. The van der Waals surface area contributed by atoms with Crippen LogP contribution in [0.3, 0.4) is 0 Å². The first-order chi connectivity index (χ1) is 8.59. The lowest BCUT2D eigenvalue weighted by Gasteiger charge is -2.11. The van der Waals surface area contributed by atoms with E-state index in [0.717, 1.165) is 0 Å². The van der Waals surface area contributed by atoms with Gasteiger partial charge >= 0.3 is 0 Å². The van der Waals surface area contributed by atoms with Gasteiger partial charge in [0.15, 0.2) is 5.82 Å². The van der Waals surface area contributed by atoms with Crippen LogP contribution in [0.5, 0.6) is 0 Å². The third kappa shape index (κ3) is 2.60. The zero-order valence-electron chi connectivity index (χ0n) is 9.32. The molecule has 1 aromatic carbocycles. The number of halogens is 2. The van der Waals surface area contributed by atoms with E-state index < -0.39 is 6.04 Å². The Labute approximate surface area is 113 Å². The molecule has 1 heterocycles. The fourth-order valence-electron chi connectivity index (χ4n) is 1.40. The summed E-state index contributed by atoms with van der Waals surface area (Å²) in [5, 5.41) is 16.6. The molecule has 0 aliphatic rings. The molecule has 1 amide bonds. The molecule has 2 N–H and O–H groups in total. The van der Waals surface area contributed by atoms with E-state index in [1.54, 1.807) is 25.1 Å². The van der Waals surface area contributed by atoms with Crippen molar-refractivity contribution in [3.8, 4) is 0 Å². The lowest BCUT2D eigenvalue weighted by Crippen LogP contribution is -2.28. The SMILES string of the molecule is CC(NC(=O)c1c(Cl)cccc1Cl)c1nn[nH]n1. The van der Waals surface area contributed by atoms with Gasteiger partial charge in [-0.3, -0.25) is 4.79 Å². The summed E-state index contributed by atoms with van der Waals surface area (Å²) in [5.41, 5.74) is 0.233. The Balaban J connectivity index is 2.18. The molecule has 0 saturated heterocycles. The molecule has 1 unspecified atom stereocenters. The van der Waals surface area contributed by atoms with Crippen LogP contribution in [-0.2, 0) is 0 Å². The molecule has 2 aromatic rings. The highest BCUT2D eigenvalue weighted by Gasteiger charge is 2.18. The van der Waals surface area contributed by atoms with Gasteiger partial charge < -0.3 is 5.32 Å². The molecule has 0 saturated carbocycles. The maximum absolute atomic E-state index is 12.0. The maximum atomic E-state index is 12.0. The second-order valence-electron chi connectivity index (χ2n) is 3.56. The summed E-state index contributed by atoms with van der Waals surface area (Å²) >= 11 is 11.9. The van der Waals surface area contributed by atoms with Gasteiger partial charge in [-0.15, -0.1) is 10.2 Å². The van der Waals surface area contributed by atoms with E-state index in [9.17, 15) is 4.79 Å². The first-order valence-corrected chi connectivity index (χ1v) is 5.83. The van der Waals surface area contributed by atoms with Crippen molar-refractivity contribution in [2.24, 2.45) is 0 Å². The number of aromatic amines is 1. The van der Waals surface area contributed by atoms with Crippen LogP contribution < -0.4 is 5.32 Å². The van der Waals surface area contributed by atoms with Crippen LogP contribution in [0.2, 0.25) is 10.0 Å². The van der Waals surface area contributed by atoms with Gasteiger partial charge in [0.1, 0.15) is 0 Å². The Morgan fingerprint density at radius 2 is 2.06 bits per heavy atom. The molecule has 2 rings (SSSR count). The number of nitrogens with one attached hydrogen (secondary N) is 2. The van der Waals surface area contributed by atoms with Crippen molar-refractivity contribution in [3.05, 3.63) is 39.6 Å². The Hall–Kier alpha value is -1.66. The molecule has 0 radical (unpaired) electrons. The van der Waals surface area contributed by atoms with Crippen molar-refractivity contribution in [2.45, 2.75) is 13.0 Å². The maximum Gasteiger partial charge on any atom is 0.254 e. The lowest BCUT2D eigenvalue weighted by atomic mass is 10.2. The van der Waals surface area contributed by atoms with Crippen molar-refractivity contribution in [3.63, 3.8) is 0 Å². The highest BCUT2D eigenvalue weighted by molar-refractivity contribution is 6.39. The van der Waals surface area contributed by atoms with Gasteiger partial charge in [-0.25, -0.2) is 0 Å². The van der Waals surface area contributed by atoms with Crippen LogP contribution in [0.4, 0.5) is 0 Å². The number of hydrogen-bond acceptors (Lipinski definition) is 4. The number of rotatable bonds is 3. The molecule has 94 valence electrons. The normalized spacial score (nSPS) is 12.2. The first-order valence-electron chi connectivity index (χ1n) is 5.08. The van der Waals surface area contributed by atoms with E-state index >= 15 is 0 Å². The van der Waals surface area contributed by atoms with Gasteiger partial charge in [0.05, 0.1) is 21.7 Å². The molecule has 1 aromatic heterocycles. The number of tetrazole rings is 1. The van der Waals surface area contributed by atoms with E-state index in [1.165, 1.54) is 0 Å². The van der Waals surface area contributed by atoms with E-state index in [-0.39, 0.29) is 11.5 Å². The van der Waals surface area contributed by atoms with E-state index in [2.05, 4.69) is 25.9 Å². The summed E-state index contributed by atoms with van der Waals surface area (Å²) in [6, 6.07) is 4.47. The molecule has 0 aliphatic heterocycles. The number of amides is 1. The average Bonchev–Trinajstić information content (AvgIpc) is 2.81. The molecule has 18 heavy (non-hydrogen) atoms.